The number of methoxy groups -OCH3 is 1. The molecule has 43 heavy (non-hydrogen) atoms. The number of amides is 2. The molecule has 11 nitrogen and oxygen atoms in total. The van der Waals surface area contributed by atoms with Crippen LogP contribution in [0.2, 0.25) is 0 Å². The minimum atomic E-state index is -4.15. The van der Waals surface area contributed by atoms with Crippen LogP contribution in [0.3, 0.4) is 0 Å². The molecule has 230 valence electrons. The van der Waals surface area contributed by atoms with Gasteiger partial charge in [-0.3, -0.25) is 24.0 Å². The Balaban J connectivity index is 2.13. The fraction of sp³-hybridized carbons (Fsp3) is 0.355. The topological polar surface area (TPSA) is 139 Å². The molecule has 0 saturated heterocycles. The summed E-state index contributed by atoms with van der Waals surface area (Å²) in [4.78, 5) is 40.2. The average molecular weight is 611 g/mol. The van der Waals surface area contributed by atoms with Gasteiger partial charge in [-0.15, -0.1) is 0 Å². The van der Waals surface area contributed by atoms with E-state index < -0.39 is 33.4 Å². The van der Waals surface area contributed by atoms with Crippen molar-refractivity contribution in [3.05, 3.63) is 99.6 Å². The van der Waals surface area contributed by atoms with Gasteiger partial charge in [0.25, 0.3) is 5.69 Å². The fourth-order valence-corrected chi connectivity index (χ4v) is 5.31. The summed E-state index contributed by atoms with van der Waals surface area (Å²) in [6, 6.07) is 19.1. The first-order chi connectivity index (χ1) is 20.3. The number of non-ortho nitro benzene ring substituents is 1. The van der Waals surface area contributed by atoms with Crippen LogP contribution in [0, 0.1) is 17.0 Å². The summed E-state index contributed by atoms with van der Waals surface area (Å²) in [7, 11) is -2.85. The van der Waals surface area contributed by atoms with Crippen molar-refractivity contribution in [1.29, 1.82) is 0 Å². The Labute approximate surface area is 252 Å². The van der Waals surface area contributed by atoms with Crippen molar-refractivity contribution in [1.82, 2.24) is 10.2 Å². The molecular formula is C31H38N4O7S. The van der Waals surface area contributed by atoms with E-state index in [9.17, 15) is 28.1 Å². The van der Waals surface area contributed by atoms with Gasteiger partial charge in [-0.25, -0.2) is 8.42 Å². The number of aryl methyl sites for hydroxylation is 1. The lowest BCUT2D eigenvalue weighted by Gasteiger charge is -2.34. The molecule has 0 heterocycles. The molecule has 12 heteroatoms. The number of ether oxygens (including phenoxy) is 1. The van der Waals surface area contributed by atoms with E-state index in [1.54, 1.807) is 0 Å². The Morgan fingerprint density at radius 3 is 2.23 bits per heavy atom. The highest BCUT2D eigenvalue weighted by Gasteiger charge is 2.34. The van der Waals surface area contributed by atoms with Crippen molar-refractivity contribution in [2.24, 2.45) is 0 Å². The third kappa shape index (κ3) is 9.02. The van der Waals surface area contributed by atoms with Crippen LogP contribution < -0.4 is 14.4 Å². The monoisotopic (exact) mass is 610 g/mol. The lowest BCUT2D eigenvalue weighted by molar-refractivity contribution is -0.384. The highest BCUT2D eigenvalue weighted by Crippen LogP contribution is 2.34. The van der Waals surface area contributed by atoms with Gasteiger partial charge in [-0.1, -0.05) is 67.1 Å². The minimum absolute atomic E-state index is 0.0220. The zero-order chi connectivity index (χ0) is 31.7. The van der Waals surface area contributed by atoms with Crippen molar-refractivity contribution in [2.45, 2.75) is 52.2 Å². The standard InChI is InChI=1S/C31H38N4O7S/c1-6-23(3)32-31(37)28(18-24-10-8-7-9-11-24)33(20-25-14-12-22(2)13-15-25)30(36)21-34(43(5,40)41)27-19-26(35(38)39)16-17-29(27)42-4/h7-17,19,23,28H,6,18,20-21H2,1-5H3,(H,32,37)/t23-,28-/m1/s1. The van der Waals surface area contributed by atoms with E-state index in [2.05, 4.69) is 5.32 Å². The molecule has 0 bridgehead atoms. The molecule has 1 N–H and O–H groups in total. The summed E-state index contributed by atoms with van der Waals surface area (Å²) in [6.07, 6.45) is 1.75. The highest BCUT2D eigenvalue weighted by atomic mass is 32.2. The normalized spacial score (nSPS) is 12.6. The first-order valence-electron chi connectivity index (χ1n) is 13.8. The maximum atomic E-state index is 14.2. The van der Waals surface area contributed by atoms with Crippen LogP contribution in [0.5, 0.6) is 5.75 Å². The molecule has 0 aromatic heterocycles. The van der Waals surface area contributed by atoms with Crippen molar-refractivity contribution >= 4 is 33.2 Å². The van der Waals surface area contributed by atoms with E-state index in [1.807, 2.05) is 75.4 Å². The molecule has 2 amide bonds. The van der Waals surface area contributed by atoms with Gasteiger partial charge in [0.05, 0.1) is 18.3 Å². The van der Waals surface area contributed by atoms with Crippen molar-refractivity contribution in [3.8, 4) is 5.75 Å². The van der Waals surface area contributed by atoms with Gasteiger partial charge < -0.3 is 15.0 Å². The molecule has 0 aliphatic rings. The summed E-state index contributed by atoms with van der Waals surface area (Å²) in [6.45, 7) is 5.03. The van der Waals surface area contributed by atoms with E-state index >= 15 is 0 Å². The predicted octanol–water partition coefficient (Wildman–Crippen LogP) is 4.23. The first-order valence-corrected chi connectivity index (χ1v) is 15.7. The molecule has 0 spiro atoms. The number of anilines is 1. The van der Waals surface area contributed by atoms with Gasteiger partial charge in [-0.2, -0.15) is 0 Å². The molecular weight excluding hydrogens is 572 g/mol. The van der Waals surface area contributed by atoms with Crippen LogP contribution in [0.25, 0.3) is 0 Å². The second kappa shape index (κ2) is 14.6. The van der Waals surface area contributed by atoms with E-state index in [-0.39, 0.29) is 42.0 Å². The largest absolute Gasteiger partial charge is 0.495 e. The molecule has 0 saturated carbocycles. The Hall–Kier alpha value is -4.45. The Kier molecular flexibility index (Phi) is 11.2. The number of hydrogen-bond acceptors (Lipinski definition) is 7. The molecule has 0 unspecified atom stereocenters. The van der Waals surface area contributed by atoms with E-state index in [1.165, 1.54) is 24.1 Å². The molecule has 0 radical (unpaired) electrons. The number of nitro groups is 1. The maximum absolute atomic E-state index is 14.2. The van der Waals surface area contributed by atoms with Crippen LogP contribution in [-0.4, -0.2) is 62.0 Å². The fourth-order valence-electron chi connectivity index (χ4n) is 4.47. The summed E-state index contributed by atoms with van der Waals surface area (Å²) in [5, 5.41) is 14.5. The predicted molar refractivity (Wildman–Crippen MR) is 165 cm³/mol. The van der Waals surface area contributed by atoms with Crippen LogP contribution in [-0.2, 0) is 32.6 Å². The van der Waals surface area contributed by atoms with Gasteiger partial charge in [0.2, 0.25) is 21.8 Å². The summed E-state index contributed by atoms with van der Waals surface area (Å²) in [5.41, 5.74) is 2.04. The van der Waals surface area contributed by atoms with Crippen molar-refractivity contribution < 1.29 is 27.7 Å². The van der Waals surface area contributed by atoms with Gasteiger partial charge >= 0.3 is 0 Å². The second-order valence-electron chi connectivity index (χ2n) is 10.4. The number of carbonyl (C=O) groups excluding carboxylic acids is 2. The van der Waals surface area contributed by atoms with E-state index in [0.29, 0.717) is 6.42 Å². The SMILES string of the molecule is CC[C@@H](C)NC(=O)[C@@H](Cc1ccccc1)N(Cc1ccc(C)cc1)C(=O)CN(c1cc([N+](=O)[O-])ccc1OC)S(C)(=O)=O. The minimum Gasteiger partial charge on any atom is -0.495 e. The van der Waals surface area contributed by atoms with Gasteiger partial charge in [-0.05, 0) is 37.5 Å². The number of benzene rings is 3. The summed E-state index contributed by atoms with van der Waals surface area (Å²) >= 11 is 0. The zero-order valence-corrected chi connectivity index (χ0v) is 25.8. The number of carbonyl (C=O) groups is 2. The van der Waals surface area contributed by atoms with Crippen LogP contribution in [0.15, 0.2) is 72.8 Å². The molecule has 0 aliphatic heterocycles. The van der Waals surface area contributed by atoms with Crippen LogP contribution >= 0.6 is 0 Å². The van der Waals surface area contributed by atoms with Crippen LogP contribution in [0.4, 0.5) is 11.4 Å². The molecule has 2 atom stereocenters. The highest BCUT2D eigenvalue weighted by molar-refractivity contribution is 7.92. The second-order valence-corrected chi connectivity index (χ2v) is 12.3. The number of sulfonamides is 1. The molecule has 0 fully saturated rings. The molecule has 3 rings (SSSR count). The van der Waals surface area contributed by atoms with E-state index in [4.69, 9.17) is 4.74 Å². The van der Waals surface area contributed by atoms with E-state index in [0.717, 1.165) is 33.3 Å². The molecule has 3 aromatic rings. The number of nitro benzene ring substituents is 1. The van der Waals surface area contributed by atoms with Crippen molar-refractivity contribution in [2.75, 3.05) is 24.2 Å². The maximum Gasteiger partial charge on any atom is 0.271 e. The van der Waals surface area contributed by atoms with Gasteiger partial charge in [0.1, 0.15) is 24.0 Å². The lowest BCUT2D eigenvalue weighted by atomic mass is 10.0. The Bertz CT molecular complexity index is 1530. The lowest BCUT2D eigenvalue weighted by Crippen LogP contribution is -2.54. The van der Waals surface area contributed by atoms with Crippen LogP contribution in [0.1, 0.15) is 37.0 Å². The third-order valence-electron chi connectivity index (χ3n) is 7.07. The number of rotatable bonds is 14. The molecule has 3 aromatic carbocycles. The molecule has 0 aliphatic carbocycles. The number of nitrogens with zero attached hydrogens (tertiary/aromatic N) is 3. The number of nitrogens with one attached hydrogen (secondary N) is 1. The quantitative estimate of drug-likeness (QED) is 0.213. The van der Waals surface area contributed by atoms with Crippen molar-refractivity contribution in [3.63, 3.8) is 0 Å². The zero-order valence-electron chi connectivity index (χ0n) is 25.0. The summed E-state index contributed by atoms with van der Waals surface area (Å²) in [5.74, 6) is -1.01. The first kappa shape index (κ1) is 33.1. The summed E-state index contributed by atoms with van der Waals surface area (Å²) < 4.78 is 32.2. The average Bonchev–Trinajstić information content (AvgIpc) is 2.97. The van der Waals surface area contributed by atoms with Gasteiger partial charge in [0, 0.05) is 31.1 Å². The number of hydrogen-bond donors (Lipinski definition) is 1. The van der Waals surface area contributed by atoms with Gasteiger partial charge in [0.15, 0.2) is 0 Å². The Morgan fingerprint density at radius 2 is 1.67 bits per heavy atom. The smallest absolute Gasteiger partial charge is 0.271 e. The third-order valence-corrected chi connectivity index (χ3v) is 8.19. The Morgan fingerprint density at radius 1 is 1.02 bits per heavy atom.